The van der Waals surface area contributed by atoms with Crippen LogP contribution in [0.2, 0.25) is 0 Å². The summed E-state index contributed by atoms with van der Waals surface area (Å²) in [4.78, 5) is 26.0. The lowest BCUT2D eigenvalue weighted by molar-refractivity contribution is -0.143. The highest BCUT2D eigenvalue weighted by Crippen LogP contribution is 2.44. The number of hydrogen-bond donors (Lipinski definition) is 1. The lowest BCUT2D eigenvalue weighted by Crippen LogP contribution is -2.34. The molecule has 0 radical (unpaired) electrons. The van der Waals surface area contributed by atoms with Gasteiger partial charge in [0.1, 0.15) is 0 Å². The number of rotatable bonds is 7. The smallest absolute Gasteiger partial charge is 0.308 e. The van der Waals surface area contributed by atoms with Crippen molar-refractivity contribution in [1.82, 2.24) is 4.90 Å². The van der Waals surface area contributed by atoms with Crippen LogP contribution in [0.4, 0.5) is 0 Å². The highest BCUT2D eigenvalue weighted by molar-refractivity contribution is 5.80. The molecule has 4 nitrogen and oxygen atoms in total. The van der Waals surface area contributed by atoms with Crippen molar-refractivity contribution < 1.29 is 14.7 Å². The minimum atomic E-state index is -0.737. The topological polar surface area (TPSA) is 57.6 Å². The summed E-state index contributed by atoms with van der Waals surface area (Å²) in [5, 5.41) is 9.43. The summed E-state index contributed by atoms with van der Waals surface area (Å²) >= 11 is 0. The van der Waals surface area contributed by atoms with Gasteiger partial charge in [0.2, 0.25) is 5.91 Å². The second-order valence-electron chi connectivity index (χ2n) is 7.47. The summed E-state index contributed by atoms with van der Waals surface area (Å²) in [6.45, 7) is 3.02. The maximum absolute atomic E-state index is 12.7. The lowest BCUT2D eigenvalue weighted by atomic mass is 9.92. The molecule has 1 aliphatic carbocycles. The number of hydrogen-bond acceptors (Lipinski definition) is 2. The van der Waals surface area contributed by atoms with E-state index in [4.69, 9.17) is 0 Å². The Morgan fingerprint density at radius 1 is 1.21 bits per heavy atom. The predicted molar refractivity (Wildman–Crippen MR) is 92.5 cm³/mol. The van der Waals surface area contributed by atoms with Crippen molar-refractivity contribution in [2.45, 2.75) is 39.0 Å². The minimum absolute atomic E-state index is 0.0267. The van der Waals surface area contributed by atoms with Gasteiger partial charge in [0, 0.05) is 19.0 Å². The van der Waals surface area contributed by atoms with Gasteiger partial charge in [-0.3, -0.25) is 9.59 Å². The highest BCUT2D eigenvalue weighted by atomic mass is 16.4. The predicted octanol–water partition coefficient (Wildman–Crippen LogP) is 3.21. The molecule has 130 valence electrons. The molecule has 2 aliphatic rings. The van der Waals surface area contributed by atoms with E-state index in [0.717, 1.165) is 32.1 Å². The summed E-state index contributed by atoms with van der Waals surface area (Å²) in [6, 6.07) is 10.3. The molecule has 24 heavy (non-hydrogen) atoms. The molecule has 1 saturated heterocycles. The molecule has 1 heterocycles. The molecule has 1 aromatic rings. The van der Waals surface area contributed by atoms with Crippen LogP contribution >= 0.6 is 0 Å². The molecule has 1 N–H and O–H groups in total. The van der Waals surface area contributed by atoms with Gasteiger partial charge >= 0.3 is 5.97 Å². The monoisotopic (exact) mass is 329 g/mol. The molecule has 1 aliphatic heterocycles. The van der Waals surface area contributed by atoms with E-state index in [1.165, 1.54) is 5.56 Å². The van der Waals surface area contributed by atoms with E-state index in [9.17, 15) is 14.7 Å². The number of benzene rings is 1. The first kappa shape index (κ1) is 17.0. The average Bonchev–Trinajstić information content (AvgIpc) is 3.33. The van der Waals surface area contributed by atoms with Gasteiger partial charge in [-0.15, -0.1) is 0 Å². The number of nitrogens with zero attached hydrogens (tertiary/aromatic N) is 1. The fraction of sp³-hybridized carbons (Fsp3) is 0.600. The molecule has 0 aromatic heterocycles. The third-order valence-electron chi connectivity index (χ3n) is 5.59. The second-order valence-corrected chi connectivity index (χ2v) is 7.47. The minimum Gasteiger partial charge on any atom is -0.481 e. The molecule has 3 atom stereocenters. The van der Waals surface area contributed by atoms with Crippen LogP contribution in [0, 0.1) is 23.7 Å². The summed E-state index contributed by atoms with van der Waals surface area (Å²) < 4.78 is 0. The fourth-order valence-corrected chi connectivity index (χ4v) is 3.96. The van der Waals surface area contributed by atoms with Gasteiger partial charge in [0.05, 0.1) is 5.92 Å². The normalized spacial score (nSPS) is 24.8. The molecule has 4 heteroatoms. The largest absolute Gasteiger partial charge is 0.481 e. The van der Waals surface area contributed by atoms with Crippen LogP contribution in [0.25, 0.3) is 0 Å². The first-order chi connectivity index (χ1) is 11.6. The van der Waals surface area contributed by atoms with Crippen molar-refractivity contribution in [1.29, 1.82) is 0 Å². The molecule has 3 rings (SSSR count). The van der Waals surface area contributed by atoms with Crippen LogP contribution in [0.1, 0.15) is 38.2 Å². The Balaban J connectivity index is 1.49. The van der Waals surface area contributed by atoms with Gasteiger partial charge in [0.25, 0.3) is 0 Å². The average molecular weight is 329 g/mol. The summed E-state index contributed by atoms with van der Waals surface area (Å²) in [5.41, 5.74) is 1.30. The maximum atomic E-state index is 12.7. The van der Waals surface area contributed by atoms with Crippen molar-refractivity contribution in [3.63, 3.8) is 0 Å². The van der Waals surface area contributed by atoms with E-state index in [1.54, 1.807) is 0 Å². The zero-order valence-electron chi connectivity index (χ0n) is 14.4. The van der Waals surface area contributed by atoms with Crippen LogP contribution in [0.3, 0.4) is 0 Å². The fourth-order valence-electron chi connectivity index (χ4n) is 3.96. The molecule has 1 aromatic carbocycles. The van der Waals surface area contributed by atoms with Crippen LogP contribution < -0.4 is 0 Å². The lowest BCUT2D eigenvalue weighted by Gasteiger charge is -2.21. The third-order valence-corrected chi connectivity index (χ3v) is 5.59. The molecular formula is C20H27NO3. The number of carboxylic acid groups (broad SMARTS) is 1. The van der Waals surface area contributed by atoms with E-state index >= 15 is 0 Å². The van der Waals surface area contributed by atoms with Crippen LogP contribution in [-0.2, 0) is 16.0 Å². The van der Waals surface area contributed by atoms with E-state index in [0.29, 0.717) is 19.0 Å². The standard InChI is InChI=1S/C20H27NO3/c1-14(6-5-9-15-7-3-2-4-8-15)19(22)21-12-17(16-10-11-16)18(13-21)20(23)24/h2-4,7-8,14,16-18H,5-6,9-13H2,1H3,(H,23,24)/t14?,17-,18+/m1/s1. The Labute approximate surface area is 143 Å². The Morgan fingerprint density at radius 2 is 1.92 bits per heavy atom. The number of likely N-dealkylation sites (tertiary alicyclic amines) is 1. The zero-order chi connectivity index (χ0) is 17.1. The van der Waals surface area contributed by atoms with Gasteiger partial charge in [0.15, 0.2) is 0 Å². The third kappa shape index (κ3) is 3.97. The number of amides is 1. The molecule has 1 saturated carbocycles. The SMILES string of the molecule is CC(CCCc1ccccc1)C(=O)N1C[C@H](C(=O)O)[C@@H](C2CC2)C1. The maximum Gasteiger partial charge on any atom is 0.308 e. The van der Waals surface area contributed by atoms with Gasteiger partial charge in [-0.1, -0.05) is 37.3 Å². The Kier molecular flexibility index (Phi) is 5.22. The number of carbonyl (C=O) groups is 2. The quantitative estimate of drug-likeness (QED) is 0.835. The highest BCUT2D eigenvalue weighted by Gasteiger charge is 2.47. The Bertz CT molecular complexity index is 582. The van der Waals surface area contributed by atoms with Gasteiger partial charge in [-0.25, -0.2) is 0 Å². The first-order valence-electron chi connectivity index (χ1n) is 9.11. The van der Waals surface area contributed by atoms with Crippen molar-refractivity contribution in [3.8, 4) is 0 Å². The summed E-state index contributed by atoms with van der Waals surface area (Å²) in [7, 11) is 0. The molecule has 0 spiro atoms. The molecular weight excluding hydrogens is 302 g/mol. The Morgan fingerprint density at radius 3 is 2.54 bits per heavy atom. The van der Waals surface area contributed by atoms with Gasteiger partial charge in [-0.05, 0) is 49.5 Å². The van der Waals surface area contributed by atoms with Crippen molar-refractivity contribution in [3.05, 3.63) is 35.9 Å². The first-order valence-corrected chi connectivity index (χ1v) is 9.11. The summed E-state index contributed by atoms with van der Waals surface area (Å²) in [6.07, 6.45) is 5.09. The van der Waals surface area contributed by atoms with E-state index in [-0.39, 0.29) is 23.7 Å². The Hall–Kier alpha value is -1.84. The zero-order valence-corrected chi connectivity index (χ0v) is 14.4. The molecule has 1 amide bonds. The van der Waals surface area contributed by atoms with Crippen molar-refractivity contribution in [2.24, 2.45) is 23.7 Å². The number of carbonyl (C=O) groups excluding carboxylic acids is 1. The number of aliphatic carboxylic acids is 1. The molecule has 0 bridgehead atoms. The molecule has 1 unspecified atom stereocenters. The van der Waals surface area contributed by atoms with E-state index in [1.807, 2.05) is 30.0 Å². The second kappa shape index (κ2) is 7.37. The van der Waals surface area contributed by atoms with Crippen LogP contribution in [0.5, 0.6) is 0 Å². The number of carboxylic acids is 1. The molecule has 2 fully saturated rings. The van der Waals surface area contributed by atoms with Crippen LogP contribution in [-0.4, -0.2) is 35.0 Å². The summed E-state index contributed by atoms with van der Waals surface area (Å²) in [5.74, 6) is -0.296. The van der Waals surface area contributed by atoms with Gasteiger partial charge < -0.3 is 10.0 Å². The van der Waals surface area contributed by atoms with E-state index in [2.05, 4.69) is 12.1 Å². The van der Waals surface area contributed by atoms with Crippen LogP contribution in [0.15, 0.2) is 30.3 Å². The number of aryl methyl sites for hydroxylation is 1. The van der Waals surface area contributed by atoms with Gasteiger partial charge in [-0.2, -0.15) is 0 Å². The van der Waals surface area contributed by atoms with Crippen molar-refractivity contribution in [2.75, 3.05) is 13.1 Å². The van der Waals surface area contributed by atoms with Crippen molar-refractivity contribution >= 4 is 11.9 Å². The van der Waals surface area contributed by atoms with E-state index < -0.39 is 5.97 Å².